The second kappa shape index (κ2) is 4.34. The number of pyridine rings is 1. The molecular weight excluding hydrogens is 294 g/mol. The van der Waals surface area contributed by atoms with Crippen molar-refractivity contribution >= 4 is 26.8 Å². The summed E-state index contributed by atoms with van der Waals surface area (Å²) in [5, 5.41) is 0.646. The summed E-state index contributed by atoms with van der Waals surface area (Å²) in [7, 11) is 0. The zero-order chi connectivity index (χ0) is 12.5. The maximum atomic E-state index is 11.8. The van der Waals surface area contributed by atoms with Crippen LogP contribution in [0.3, 0.4) is 0 Å². The number of hydrogen-bond donors (Lipinski definition) is 0. The van der Waals surface area contributed by atoms with Crippen LogP contribution in [-0.2, 0) is 0 Å². The van der Waals surface area contributed by atoms with Crippen LogP contribution in [0.15, 0.2) is 58.2 Å². The second-order valence-electron chi connectivity index (χ2n) is 3.76. The Morgan fingerprint density at radius 1 is 1.11 bits per heavy atom. The molecule has 0 aliphatic rings. The van der Waals surface area contributed by atoms with Crippen LogP contribution in [0.5, 0.6) is 0 Å². The van der Waals surface area contributed by atoms with Crippen LogP contribution in [0.25, 0.3) is 16.9 Å². The van der Waals surface area contributed by atoms with Gasteiger partial charge in [0.1, 0.15) is 0 Å². The van der Waals surface area contributed by atoms with Crippen LogP contribution in [0.4, 0.5) is 0 Å². The van der Waals surface area contributed by atoms with Gasteiger partial charge in [0.15, 0.2) is 5.43 Å². The second-order valence-corrected chi connectivity index (χ2v) is 4.68. The third-order valence-corrected chi connectivity index (χ3v) is 3.12. The van der Waals surface area contributed by atoms with Crippen molar-refractivity contribution in [1.29, 1.82) is 0 Å². The zero-order valence-electron chi connectivity index (χ0n) is 9.25. The van der Waals surface area contributed by atoms with Gasteiger partial charge >= 0.3 is 0 Å². The maximum Gasteiger partial charge on any atom is 0.234 e. The molecule has 0 saturated heterocycles. The van der Waals surface area contributed by atoms with Crippen LogP contribution in [0.1, 0.15) is 0 Å². The summed E-state index contributed by atoms with van der Waals surface area (Å²) in [4.78, 5) is 20.2. The van der Waals surface area contributed by atoms with Gasteiger partial charge in [0, 0.05) is 34.5 Å². The molecule has 0 spiro atoms. The molecule has 0 fully saturated rings. The minimum Gasteiger partial charge on any atom is -0.289 e. The third-order valence-electron chi connectivity index (χ3n) is 2.63. The smallest absolute Gasteiger partial charge is 0.234 e. The lowest BCUT2D eigenvalue weighted by atomic mass is 10.2. The summed E-state index contributed by atoms with van der Waals surface area (Å²) >= 11 is 3.41. The molecular formula is C13H8BrN3O. The first-order chi connectivity index (χ1) is 8.75. The average Bonchev–Trinajstić information content (AvgIpc) is 2.40. The Morgan fingerprint density at radius 2 is 1.89 bits per heavy atom. The predicted octanol–water partition coefficient (Wildman–Crippen LogP) is 2.54. The van der Waals surface area contributed by atoms with Crippen LogP contribution in [0, 0.1) is 0 Å². The Balaban J connectivity index is 2.41. The van der Waals surface area contributed by atoms with E-state index in [1.807, 2.05) is 12.1 Å². The lowest BCUT2D eigenvalue weighted by molar-refractivity contribution is 0.950. The average molecular weight is 302 g/mol. The van der Waals surface area contributed by atoms with Crippen molar-refractivity contribution < 1.29 is 0 Å². The fraction of sp³-hybridized carbons (Fsp3) is 0. The molecule has 0 radical (unpaired) electrons. The number of nitrogens with zero attached hydrogens (tertiary/aromatic N) is 3. The van der Waals surface area contributed by atoms with Crippen molar-refractivity contribution in [1.82, 2.24) is 14.5 Å². The van der Waals surface area contributed by atoms with E-state index < -0.39 is 0 Å². The summed E-state index contributed by atoms with van der Waals surface area (Å²) in [6.07, 6.45) is 5.03. The molecule has 4 nitrogen and oxygen atoms in total. The molecule has 1 aromatic carbocycles. The standard InChI is InChI=1S/C13H8BrN3O/c14-9-2-3-10-11(8-9)17(7-4-12(10)18)13-15-5-1-6-16-13/h1-8H. The number of fused-ring (bicyclic) bond motifs is 1. The highest BCUT2D eigenvalue weighted by atomic mass is 79.9. The Bertz CT molecular complexity index is 768. The van der Waals surface area contributed by atoms with Crippen molar-refractivity contribution in [2.24, 2.45) is 0 Å². The number of rotatable bonds is 1. The van der Waals surface area contributed by atoms with Crippen molar-refractivity contribution in [2.45, 2.75) is 0 Å². The Kier molecular flexibility index (Phi) is 2.68. The molecule has 0 saturated carbocycles. The number of aromatic nitrogens is 3. The van der Waals surface area contributed by atoms with E-state index in [0.29, 0.717) is 11.3 Å². The van der Waals surface area contributed by atoms with Crippen LogP contribution >= 0.6 is 15.9 Å². The van der Waals surface area contributed by atoms with E-state index in [1.165, 1.54) is 6.07 Å². The van der Waals surface area contributed by atoms with Crippen molar-refractivity contribution in [3.05, 3.63) is 63.6 Å². The minimum atomic E-state index is -0.00955. The van der Waals surface area contributed by atoms with Crippen molar-refractivity contribution in [3.63, 3.8) is 0 Å². The summed E-state index contributed by atoms with van der Waals surface area (Å²) in [5.74, 6) is 0.542. The number of halogens is 1. The van der Waals surface area contributed by atoms with Gasteiger partial charge < -0.3 is 0 Å². The van der Waals surface area contributed by atoms with Crippen molar-refractivity contribution in [2.75, 3.05) is 0 Å². The quantitative estimate of drug-likeness (QED) is 0.694. The molecule has 2 heterocycles. The predicted molar refractivity (Wildman–Crippen MR) is 72.8 cm³/mol. The SMILES string of the molecule is O=c1ccn(-c2ncccn2)c2cc(Br)ccc12. The lowest BCUT2D eigenvalue weighted by Gasteiger charge is -2.08. The van der Waals surface area contributed by atoms with Gasteiger partial charge in [-0.2, -0.15) is 0 Å². The molecule has 2 aromatic heterocycles. The summed E-state index contributed by atoms with van der Waals surface area (Å²) < 4.78 is 2.70. The molecule has 0 unspecified atom stereocenters. The van der Waals surface area contributed by atoms with Gasteiger partial charge in [-0.3, -0.25) is 9.36 Å². The highest BCUT2D eigenvalue weighted by Gasteiger charge is 2.06. The Labute approximate surface area is 111 Å². The van der Waals surface area contributed by atoms with Gasteiger partial charge in [0.25, 0.3) is 0 Å². The lowest BCUT2D eigenvalue weighted by Crippen LogP contribution is -2.08. The van der Waals surface area contributed by atoms with Gasteiger partial charge in [-0.05, 0) is 24.3 Å². The first-order valence-electron chi connectivity index (χ1n) is 5.34. The van der Waals surface area contributed by atoms with Gasteiger partial charge in [-0.15, -0.1) is 0 Å². The summed E-state index contributed by atoms with van der Waals surface area (Å²) in [6.45, 7) is 0. The molecule has 88 valence electrons. The molecule has 0 atom stereocenters. The minimum absolute atomic E-state index is 0.00955. The fourth-order valence-corrected chi connectivity index (χ4v) is 2.16. The van der Waals surface area contributed by atoms with Crippen LogP contribution in [-0.4, -0.2) is 14.5 Å². The maximum absolute atomic E-state index is 11.8. The van der Waals surface area contributed by atoms with E-state index in [4.69, 9.17) is 0 Å². The van der Waals surface area contributed by atoms with E-state index in [0.717, 1.165) is 9.99 Å². The highest BCUT2D eigenvalue weighted by Crippen LogP contribution is 2.18. The highest BCUT2D eigenvalue weighted by molar-refractivity contribution is 9.10. The van der Waals surface area contributed by atoms with E-state index >= 15 is 0 Å². The molecule has 0 aliphatic heterocycles. The van der Waals surface area contributed by atoms with Gasteiger partial charge in [0.2, 0.25) is 5.95 Å². The first kappa shape index (κ1) is 11.1. The molecule has 0 N–H and O–H groups in total. The van der Waals surface area contributed by atoms with Gasteiger partial charge in [0.05, 0.1) is 5.52 Å². The molecule has 18 heavy (non-hydrogen) atoms. The monoisotopic (exact) mass is 301 g/mol. The number of hydrogen-bond acceptors (Lipinski definition) is 3. The largest absolute Gasteiger partial charge is 0.289 e. The first-order valence-corrected chi connectivity index (χ1v) is 6.13. The van der Waals surface area contributed by atoms with Gasteiger partial charge in [-0.25, -0.2) is 9.97 Å². The Hall–Kier alpha value is -2.01. The van der Waals surface area contributed by atoms with E-state index in [1.54, 1.807) is 35.3 Å². The third kappa shape index (κ3) is 1.82. The summed E-state index contributed by atoms with van der Waals surface area (Å²) in [5.41, 5.74) is 0.771. The molecule has 0 bridgehead atoms. The molecule has 0 amide bonds. The topological polar surface area (TPSA) is 47.8 Å². The molecule has 3 rings (SSSR count). The van der Waals surface area contributed by atoms with E-state index in [9.17, 15) is 4.79 Å². The fourth-order valence-electron chi connectivity index (χ4n) is 1.81. The molecule has 5 heteroatoms. The van der Waals surface area contributed by atoms with E-state index in [2.05, 4.69) is 25.9 Å². The Morgan fingerprint density at radius 3 is 2.67 bits per heavy atom. The number of benzene rings is 1. The summed E-state index contributed by atoms with van der Waals surface area (Å²) in [6, 6.07) is 8.80. The molecule has 3 aromatic rings. The molecule has 0 aliphatic carbocycles. The zero-order valence-corrected chi connectivity index (χ0v) is 10.8. The van der Waals surface area contributed by atoms with Gasteiger partial charge in [-0.1, -0.05) is 15.9 Å². The van der Waals surface area contributed by atoms with E-state index in [-0.39, 0.29) is 5.43 Å². The van der Waals surface area contributed by atoms with Crippen LogP contribution in [0.2, 0.25) is 0 Å². The normalized spacial score (nSPS) is 10.7. The van der Waals surface area contributed by atoms with Crippen LogP contribution < -0.4 is 5.43 Å². The van der Waals surface area contributed by atoms with Crippen molar-refractivity contribution in [3.8, 4) is 5.95 Å².